The minimum Gasteiger partial charge on any atom is -0.397 e. The van der Waals surface area contributed by atoms with Crippen molar-refractivity contribution in [2.45, 2.75) is 31.7 Å². The Morgan fingerprint density at radius 1 is 0.786 bits per heavy atom. The molecule has 0 aliphatic carbocycles. The maximum Gasteiger partial charge on any atom is 0.219 e. The Labute approximate surface area is 168 Å². The van der Waals surface area contributed by atoms with Crippen molar-refractivity contribution in [3.05, 3.63) is 113 Å². The summed E-state index contributed by atoms with van der Waals surface area (Å²) in [5, 5.41) is 12.9. The van der Waals surface area contributed by atoms with Gasteiger partial charge in [0.05, 0.1) is 0 Å². The lowest BCUT2D eigenvalue weighted by molar-refractivity contribution is 0.0161. The van der Waals surface area contributed by atoms with E-state index >= 15 is 0 Å². The summed E-state index contributed by atoms with van der Waals surface area (Å²) in [4.78, 5) is 0. The van der Waals surface area contributed by atoms with Crippen molar-refractivity contribution >= 4 is 13.9 Å². The third kappa shape index (κ3) is 2.96. The minimum absolute atomic E-state index is 0.737. The number of hydrogen-bond donors (Lipinski definition) is 1. The van der Waals surface area contributed by atoms with E-state index in [1.165, 1.54) is 0 Å². The molecule has 3 aromatic carbocycles. The van der Waals surface area contributed by atoms with Crippen LogP contribution >= 0.6 is 0 Å². The van der Waals surface area contributed by atoms with Crippen molar-refractivity contribution in [1.29, 1.82) is 0 Å². The first-order chi connectivity index (χ1) is 13.5. The number of aliphatic hydroxyl groups is 1. The molecule has 1 heterocycles. The van der Waals surface area contributed by atoms with Crippen molar-refractivity contribution in [3.63, 3.8) is 0 Å². The first kappa shape index (κ1) is 18.9. The van der Waals surface area contributed by atoms with Crippen molar-refractivity contribution < 1.29 is 9.53 Å². The van der Waals surface area contributed by atoms with Crippen LogP contribution in [0.5, 0.6) is 0 Å². The largest absolute Gasteiger partial charge is 0.397 e. The molecule has 1 saturated heterocycles. The molecule has 1 atom stereocenters. The fourth-order valence-electron chi connectivity index (χ4n) is 4.52. The van der Waals surface area contributed by atoms with Crippen LogP contribution in [-0.2, 0) is 10.0 Å². The lowest BCUT2D eigenvalue weighted by atomic mass is 9.80. The Morgan fingerprint density at radius 2 is 1.21 bits per heavy atom. The number of benzene rings is 3. The maximum absolute atomic E-state index is 11.8. The molecule has 142 valence electrons. The van der Waals surface area contributed by atoms with Crippen molar-refractivity contribution in [1.82, 2.24) is 0 Å². The van der Waals surface area contributed by atoms with E-state index in [-0.39, 0.29) is 0 Å². The topological polar surface area (TPSA) is 29.5 Å². The summed E-state index contributed by atoms with van der Waals surface area (Å²) in [5.41, 5.74) is 3.36. The molecule has 0 amide bonds. The standard InChI is InChI=1S/C25H26O2Si/c1-19(20-13-7-4-8-14-20)23-24(26)25(27-28(23,2)3,21-15-9-5-10-16-21)22-17-11-6-12-18-22/h4-18,24,26H,1-3H3/b23-19-. The second kappa shape index (κ2) is 7.17. The molecular weight excluding hydrogens is 360 g/mol. The molecule has 4 rings (SSSR count). The van der Waals surface area contributed by atoms with Crippen LogP contribution < -0.4 is 0 Å². The monoisotopic (exact) mass is 386 g/mol. The molecule has 1 aliphatic rings. The Balaban J connectivity index is 1.97. The summed E-state index contributed by atoms with van der Waals surface area (Å²) in [6, 6.07) is 30.6. The van der Waals surface area contributed by atoms with Gasteiger partial charge in [-0.2, -0.15) is 0 Å². The fourth-order valence-corrected chi connectivity index (χ4v) is 7.69. The molecule has 3 heteroatoms. The van der Waals surface area contributed by atoms with Gasteiger partial charge in [-0.05, 0) is 47.5 Å². The summed E-state index contributed by atoms with van der Waals surface area (Å²) in [6.45, 7) is 6.48. The molecular formula is C25H26O2Si. The van der Waals surface area contributed by atoms with Crippen molar-refractivity contribution in [3.8, 4) is 0 Å². The first-order valence-corrected chi connectivity index (χ1v) is 12.6. The van der Waals surface area contributed by atoms with Crippen LogP contribution in [0.25, 0.3) is 5.57 Å². The SMILES string of the molecule is C/C(=C1\C(O)C(c2ccccc2)(c2ccccc2)O[Si]1(C)C)c1ccccc1. The van der Waals surface area contributed by atoms with Gasteiger partial charge in [-0.1, -0.05) is 91.0 Å². The predicted octanol–water partition coefficient (Wildman–Crippen LogP) is 5.54. The van der Waals surface area contributed by atoms with Gasteiger partial charge < -0.3 is 9.53 Å². The first-order valence-electron chi connectivity index (χ1n) is 9.73. The van der Waals surface area contributed by atoms with E-state index in [1.54, 1.807) is 0 Å². The smallest absolute Gasteiger partial charge is 0.219 e. The van der Waals surface area contributed by atoms with Crippen LogP contribution in [0.15, 0.2) is 96.2 Å². The molecule has 0 bridgehead atoms. The second-order valence-electron chi connectivity index (χ2n) is 7.89. The fraction of sp³-hybridized carbons (Fsp3) is 0.200. The van der Waals surface area contributed by atoms with Gasteiger partial charge in [0.15, 0.2) is 0 Å². The summed E-state index contributed by atoms with van der Waals surface area (Å²) in [7, 11) is -2.35. The van der Waals surface area contributed by atoms with Crippen molar-refractivity contribution in [2.24, 2.45) is 0 Å². The highest BCUT2D eigenvalue weighted by Crippen LogP contribution is 2.51. The van der Waals surface area contributed by atoms with Crippen molar-refractivity contribution in [2.75, 3.05) is 0 Å². The highest BCUT2D eigenvalue weighted by Gasteiger charge is 2.58. The van der Waals surface area contributed by atoms with E-state index in [1.807, 2.05) is 54.6 Å². The van der Waals surface area contributed by atoms with Gasteiger partial charge in [0.2, 0.25) is 8.32 Å². The van der Waals surface area contributed by atoms with Gasteiger partial charge >= 0.3 is 0 Å². The van der Waals surface area contributed by atoms with Crippen LogP contribution in [0.3, 0.4) is 0 Å². The van der Waals surface area contributed by atoms with Crippen LogP contribution in [0.2, 0.25) is 13.1 Å². The zero-order valence-corrected chi connectivity index (χ0v) is 17.6. The molecule has 1 aliphatic heterocycles. The summed E-state index contributed by atoms with van der Waals surface area (Å²) < 4.78 is 6.91. The Kier molecular flexibility index (Phi) is 4.84. The molecule has 1 N–H and O–H groups in total. The molecule has 0 radical (unpaired) electrons. The van der Waals surface area contributed by atoms with E-state index in [0.717, 1.165) is 27.5 Å². The Morgan fingerprint density at radius 3 is 1.68 bits per heavy atom. The van der Waals surface area contributed by atoms with Gasteiger partial charge in [-0.3, -0.25) is 0 Å². The predicted molar refractivity (Wildman–Crippen MR) is 117 cm³/mol. The molecule has 0 aromatic heterocycles. The van der Waals surface area contributed by atoms with E-state index in [2.05, 4.69) is 56.4 Å². The molecule has 3 aromatic rings. The molecule has 1 unspecified atom stereocenters. The van der Waals surface area contributed by atoms with E-state index < -0.39 is 20.0 Å². The molecule has 1 fully saturated rings. The molecule has 2 nitrogen and oxygen atoms in total. The van der Waals surface area contributed by atoms with Gasteiger partial charge in [-0.15, -0.1) is 0 Å². The number of allylic oxidation sites excluding steroid dienone is 1. The van der Waals surface area contributed by atoms with Crippen LogP contribution in [0, 0.1) is 0 Å². The Bertz CT molecular complexity index is 939. The number of hydrogen-bond acceptors (Lipinski definition) is 2. The molecule has 0 spiro atoms. The van der Waals surface area contributed by atoms with Gasteiger partial charge in [0.1, 0.15) is 11.7 Å². The minimum atomic E-state index is -2.35. The highest BCUT2D eigenvalue weighted by atomic mass is 28.4. The second-order valence-corrected chi connectivity index (χ2v) is 11.7. The highest BCUT2D eigenvalue weighted by molar-refractivity contribution is 6.80. The normalized spacial score (nSPS) is 22.1. The van der Waals surface area contributed by atoms with Gasteiger partial charge in [-0.25, -0.2) is 0 Å². The number of rotatable bonds is 3. The van der Waals surface area contributed by atoms with E-state index in [9.17, 15) is 5.11 Å². The Hall–Kier alpha value is -2.46. The number of aliphatic hydroxyl groups excluding tert-OH is 1. The van der Waals surface area contributed by atoms with Crippen LogP contribution in [-0.4, -0.2) is 19.5 Å². The lowest BCUT2D eigenvalue weighted by Crippen LogP contribution is -2.39. The van der Waals surface area contributed by atoms with Crippen LogP contribution in [0.4, 0.5) is 0 Å². The zero-order valence-electron chi connectivity index (χ0n) is 16.6. The third-order valence-electron chi connectivity index (χ3n) is 5.74. The average Bonchev–Trinajstić information content (AvgIpc) is 2.95. The summed E-state index contributed by atoms with van der Waals surface area (Å²) >= 11 is 0. The lowest BCUT2D eigenvalue weighted by Gasteiger charge is -2.35. The third-order valence-corrected chi connectivity index (χ3v) is 8.52. The quantitative estimate of drug-likeness (QED) is 0.599. The molecule has 28 heavy (non-hydrogen) atoms. The molecule has 0 saturated carbocycles. The zero-order chi connectivity index (χ0) is 19.8. The van der Waals surface area contributed by atoms with Gasteiger partial charge in [0.25, 0.3) is 0 Å². The van der Waals surface area contributed by atoms with E-state index in [0.29, 0.717) is 0 Å². The maximum atomic E-state index is 11.8. The summed E-state index contributed by atoms with van der Waals surface area (Å²) in [6.07, 6.45) is -0.737. The summed E-state index contributed by atoms with van der Waals surface area (Å²) in [5.74, 6) is 0. The van der Waals surface area contributed by atoms with E-state index in [4.69, 9.17) is 4.43 Å². The average molecular weight is 387 g/mol. The van der Waals surface area contributed by atoms with Crippen LogP contribution in [0.1, 0.15) is 23.6 Å². The van der Waals surface area contributed by atoms with Gasteiger partial charge in [0, 0.05) is 0 Å².